The minimum absolute atomic E-state index is 0.160. The molecule has 1 unspecified atom stereocenters. The topological polar surface area (TPSA) is 23.6 Å². The van der Waals surface area contributed by atoms with Gasteiger partial charge in [0.05, 0.1) is 0 Å². The Bertz CT molecular complexity index is 542. The van der Waals surface area contributed by atoms with Crippen LogP contribution in [0.5, 0.6) is 0 Å². The van der Waals surface area contributed by atoms with Gasteiger partial charge >= 0.3 is 0 Å². The fourth-order valence-electron chi connectivity index (χ4n) is 4.30. The predicted octanol–water partition coefficient (Wildman–Crippen LogP) is 3.23. The first kappa shape index (κ1) is 15.5. The standard InChI is InChI=1S/C19H28N2O/c1-3-11-21-12-7-10-19(21)13-16-8-5-6-9-17(16)14-20(15-19)18(22)4-2/h5-6,8-9H,3-4,7,10-15H2,1-2H3. The van der Waals surface area contributed by atoms with E-state index in [4.69, 9.17) is 0 Å². The first-order chi connectivity index (χ1) is 10.7. The van der Waals surface area contributed by atoms with Gasteiger partial charge in [0.2, 0.25) is 5.91 Å². The second-order valence-corrected chi connectivity index (χ2v) is 6.86. The molecule has 1 fully saturated rings. The third kappa shape index (κ3) is 2.79. The SMILES string of the molecule is CCCN1CCCC12Cc1ccccc1CN(C(=O)CC)C2. The van der Waals surface area contributed by atoms with Crippen LogP contribution >= 0.6 is 0 Å². The molecule has 1 spiro atoms. The average Bonchev–Trinajstić information content (AvgIpc) is 2.81. The van der Waals surface area contributed by atoms with Crippen molar-refractivity contribution in [2.24, 2.45) is 0 Å². The average molecular weight is 300 g/mol. The molecular weight excluding hydrogens is 272 g/mol. The van der Waals surface area contributed by atoms with Crippen LogP contribution in [-0.4, -0.2) is 40.9 Å². The maximum atomic E-state index is 12.4. The number of likely N-dealkylation sites (tertiary alicyclic amines) is 1. The van der Waals surface area contributed by atoms with Crippen molar-refractivity contribution in [1.29, 1.82) is 0 Å². The van der Waals surface area contributed by atoms with Crippen molar-refractivity contribution in [2.75, 3.05) is 19.6 Å². The molecule has 3 nitrogen and oxygen atoms in total. The van der Waals surface area contributed by atoms with Gasteiger partial charge in [0.1, 0.15) is 0 Å². The Hall–Kier alpha value is -1.35. The molecular formula is C19H28N2O. The number of hydrogen-bond donors (Lipinski definition) is 0. The minimum atomic E-state index is 0.160. The molecule has 1 amide bonds. The summed E-state index contributed by atoms with van der Waals surface area (Å²) in [6, 6.07) is 8.70. The Balaban J connectivity index is 1.98. The van der Waals surface area contributed by atoms with E-state index >= 15 is 0 Å². The molecule has 1 aromatic carbocycles. The van der Waals surface area contributed by atoms with E-state index in [1.54, 1.807) is 0 Å². The van der Waals surface area contributed by atoms with E-state index in [9.17, 15) is 4.79 Å². The highest BCUT2D eigenvalue weighted by Gasteiger charge is 2.44. The first-order valence-electron chi connectivity index (χ1n) is 8.78. The number of fused-ring (bicyclic) bond motifs is 1. The molecule has 2 aliphatic rings. The van der Waals surface area contributed by atoms with Gasteiger partial charge in [-0.05, 0) is 49.9 Å². The second kappa shape index (κ2) is 6.41. The van der Waals surface area contributed by atoms with Gasteiger partial charge in [-0.25, -0.2) is 0 Å². The lowest BCUT2D eigenvalue weighted by Gasteiger charge is -2.40. The van der Waals surface area contributed by atoms with Crippen LogP contribution in [0.3, 0.4) is 0 Å². The molecule has 1 saturated heterocycles. The molecule has 1 atom stereocenters. The normalized spacial score (nSPS) is 25.3. The number of hydrogen-bond acceptors (Lipinski definition) is 2. The highest BCUT2D eigenvalue weighted by atomic mass is 16.2. The van der Waals surface area contributed by atoms with Crippen molar-refractivity contribution >= 4 is 5.91 Å². The van der Waals surface area contributed by atoms with Gasteiger partial charge in [-0.2, -0.15) is 0 Å². The Labute approximate surface area is 134 Å². The molecule has 22 heavy (non-hydrogen) atoms. The van der Waals surface area contributed by atoms with Gasteiger partial charge in [0, 0.05) is 25.0 Å². The van der Waals surface area contributed by atoms with Crippen LogP contribution in [0.1, 0.15) is 50.7 Å². The number of nitrogens with zero attached hydrogens (tertiary/aromatic N) is 2. The molecule has 0 saturated carbocycles. The Morgan fingerprint density at radius 2 is 2.00 bits per heavy atom. The van der Waals surface area contributed by atoms with Crippen molar-refractivity contribution in [2.45, 2.75) is 58.0 Å². The maximum Gasteiger partial charge on any atom is 0.222 e. The van der Waals surface area contributed by atoms with Crippen LogP contribution in [0.15, 0.2) is 24.3 Å². The van der Waals surface area contributed by atoms with Gasteiger partial charge in [0.15, 0.2) is 0 Å². The van der Waals surface area contributed by atoms with E-state index in [-0.39, 0.29) is 5.54 Å². The molecule has 120 valence electrons. The van der Waals surface area contributed by atoms with Gasteiger partial charge < -0.3 is 4.90 Å². The molecule has 0 aliphatic carbocycles. The molecule has 0 aromatic heterocycles. The summed E-state index contributed by atoms with van der Waals surface area (Å²) in [6.45, 7) is 8.25. The molecule has 1 aromatic rings. The molecule has 0 radical (unpaired) electrons. The van der Waals surface area contributed by atoms with Gasteiger partial charge in [-0.3, -0.25) is 9.69 Å². The number of carbonyl (C=O) groups is 1. The summed E-state index contributed by atoms with van der Waals surface area (Å²) in [5.74, 6) is 0.291. The van der Waals surface area contributed by atoms with E-state index in [0.717, 1.165) is 26.1 Å². The van der Waals surface area contributed by atoms with Crippen LogP contribution in [0.25, 0.3) is 0 Å². The summed E-state index contributed by atoms with van der Waals surface area (Å²) in [4.78, 5) is 17.2. The molecule has 0 bridgehead atoms. The number of carbonyl (C=O) groups excluding carboxylic acids is 1. The lowest BCUT2D eigenvalue weighted by Crippen LogP contribution is -2.53. The summed E-state index contributed by atoms with van der Waals surface area (Å²) in [6.07, 6.45) is 5.36. The molecule has 3 heteroatoms. The first-order valence-corrected chi connectivity index (χ1v) is 8.78. The Morgan fingerprint density at radius 3 is 2.73 bits per heavy atom. The van der Waals surface area contributed by atoms with Gasteiger partial charge in [-0.15, -0.1) is 0 Å². The van der Waals surface area contributed by atoms with Crippen molar-refractivity contribution in [3.05, 3.63) is 35.4 Å². The van der Waals surface area contributed by atoms with Crippen LogP contribution in [0, 0.1) is 0 Å². The van der Waals surface area contributed by atoms with Gasteiger partial charge in [0.25, 0.3) is 0 Å². The zero-order valence-electron chi connectivity index (χ0n) is 14.0. The molecule has 3 rings (SSSR count). The van der Waals surface area contributed by atoms with Gasteiger partial charge in [-0.1, -0.05) is 38.1 Å². The lowest BCUT2D eigenvalue weighted by atomic mass is 9.87. The van der Waals surface area contributed by atoms with E-state index in [0.29, 0.717) is 12.3 Å². The van der Waals surface area contributed by atoms with E-state index < -0.39 is 0 Å². The predicted molar refractivity (Wildman–Crippen MR) is 89.7 cm³/mol. The summed E-state index contributed by atoms with van der Waals surface area (Å²) in [5, 5.41) is 0. The maximum absolute atomic E-state index is 12.4. The second-order valence-electron chi connectivity index (χ2n) is 6.86. The van der Waals surface area contributed by atoms with Crippen molar-refractivity contribution in [3.63, 3.8) is 0 Å². The smallest absolute Gasteiger partial charge is 0.222 e. The molecule has 2 heterocycles. The van der Waals surface area contributed by atoms with E-state index in [1.807, 2.05) is 6.92 Å². The fourth-order valence-corrected chi connectivity index (χ4v) is 4.30. The number of rotatable bonds is 3. The van der Waals surface area contributed by atoms with Crippen LogP contribution in [-0.2, 0) is 17.8 Å². The third-order valence-electron chi connectivity index (χ3n) is 5.37. The monoisotopic (exact) mass is 300 g/mol. The molecule has 0 N–H and O–H groups in total. The van der Waals surface area contributed by atoms with Crippen molar-refractivity contribution in [1.82, 2.24) is 9.80 Å². The number of amides is 1. The minimum Gasteiger partial charge on any atom is -0.337 e. The fraction of sp³-hybridized carbons (Fsp3) is 0.632. The quantitative estimate of drug-likeness (QED) is 0.855. The summed E-state index contributed by atoms with van der Waals surface area (Å²) >= 11 is 0. The Morgan fingerprint density at radius 1 is 1.23 bits per heavy atom. The summed E-state index contributed by atoms with van der Waals surface area (Å²) < 4.78 is 0. The highest BCUT2D eigenvalue weighted by molar-refractivity contribution is 5.76. The summed E-state index contributed by atoms with van der Waals surface area (Å²) in [5.41, 5.74) is 2.94. The van der Waals surface area contributed by atoms with Crippen molar-refractivity contribution in [3.8, 4) is 0 Å². The summed E-state index contributed by atoms with van der Waals surface area (Å²) in [7, 11) is 0. The number of benzene rings is 1. The van der Waals surface area contributed by atoms with Crippen LogP contribution in [0.2, 0.25) is 0 Å². The lowest BCUT2D eigenvalue weighted by molar-refractivity contribution is -0.133. The zero-order chi connectivity index (χ0) is 15.6. The van der Waals surface area contributed by atoms with E-state index in [1.165, 1.54) is 36.9 Å². The largest absolute Gasteiger partial charge is 0.337 e. The van der Waals surface area contributed by atoms with Crippen molar-refractivity contribution < 1.29 is 4.79 Å². The highest BCUT2D eigenvalue weighted by Crippen LogP contribution is 2.37. The Kier molecular flexibility index (Phi) is 4.53. The third-order valence-corrected chi connectivity index (χ3v) is 5.37. The van der Waals surface area contributed by atoms with Crippen LogP contribution in [0.4, 0.5) is 0 Å². The van der Waals surface area contributed by atoms with Crippen LogP contribution < -0.4 is 0 Å². The zero-order valence-corrected chi connectivity index (χ0v) is 14.0. The van der Waals surface area contributed by atoms with E-state index in [2.05, 4.69) is 41.0 Å². The molecule has 2 aliphatic heterocycles.